The predicted molar refractivity (Wildman–Crippen MR) is 89.2 cm³/mol. The van der Waals surface area contributed by atoms with Crippen LogP contribution < -0.4 is 14.8 Å². The van der Waals surface area contributed by atoms with Gasteiger partial charge in [0.05, 0.1) is 14.2 Å². The van der Waals surface area contributed by atoms with E-state index in [2.05, 4.69) is 5.32 Å². The molecule has 2 aliphatic heterocycles. The molecule has 0 radical (unpaired) electrons. The Morgan fingerprint density at radius 1 is 1.04 bits per heavy atom. The molecule has 1 aromatic rings. The number of likely N-dealkylation sites (tertiary alicyclic amines) is 1. The van der Waals surface area contributed by atoms with Gasteiger partial charge in [-0.25, -0.2) is 0 Å². The first-order valence-corrected chi connectivity index (χ1v) is 8.39. The molecule has 5 heteroatoms. The van der Waals surface area contributed by atoms with E-state index in [0.29, 0.717) is 22.5 Å². The van der Waals surface area contributed by atoms with Crippen LogP contribution in [0.1, 0.15) is 36.0 Å². The third kappa shape index (κ3) is 3.29. The third-order valence-electron chi connectivity index (χ3n) is 5.41. The maximum atomic E-state index is 12.8. The number of methoxy groups -OCH3 is 2. The second-order valence-electron chi connectivity index (χ2n) is 6.61. The van der Waals surface area contributed by atoms with Crippen LogP contribution in [0.2, 0.25) is 0 Å². The molecule has 1 spiro atoms. The van der Waals surface area contributed by atoms with Gasteiger partial charge in [0, 0.05) is 18.7 Å². The van der Waals surface area contributed by atoms with Gasteiger partial charge >= 0.3 is 0 Å². The van der Waals surface area contributed by atoms with Gasteiger partial charge < -0.3 is 19.7 Å². The standard InChI is InChI=1S/C18H26N2O3/c1-22-15-4-3-14(13-16(15)23-2)17(21)20-11-7-18(8-12-20)5-9-19-10-6-18/h3-4,13,19H,5-12H2,1-2H3. The van der Waals surface area contributed by atoms with E-state index in [4.69, 9.17) is 9.47 Å². The lowest BCUT2D eigenvalue weighted by Crippen LogP contribution is -2.47. The van der Waals surface area contributed by atoms with Crippen LogP contribution >= 0.6 is 0 Å². The quantitative estimate of drug-likeness (QED) is 0.929. The highest BCUT2D eigenvalue weighted by molar-refractivity contribution is 5.95. The van der Waals surface area contributed by atoms with Crippen molar-refractivity contribution >= 4 is 5.91 Å². The number of amides is 1. The van der Waals surface area contributed by atoms with E-state index in [1.807, 2.05) is 11.0 Å². The molecule has 3 rings (SSSR count). The summed E-state index contributed by atoms with van der Waals surface area (Å²) in [5.74, 6) is 1.34. The van der Waals surface area contributed by atoms with E-state index in [9.17, 15) is 4.79 Å². The van der Waals surface area contributed by atoms with Gasteiger partial charge in [-0.3, -0.25) is 4.79 Å². The summed E-state index contributed by atoms with van der Waals surface area (Å²) in [5.41, 5.74) is 1.13. The maximum absolute atomic E-state index is 12.8. The first-order valence-electron chi connectivity index (χ1n) is 8.39. The summed E-state index contributed by atoms with van der Waals surface area (Å²) in [6, 6.07) is 5.39. The molecular formula is C18H26N2O3. The van der Waals surface area contributed by atoms with Gasteiger partial charge in [-0.15, -0.1) is 0 Å². The van der Waals surface area contributed by atoms with Gasteiger partial charge in [0.1, 0.15) is 0 Å². The van der Waals surface area contributed by atoms with E-state index in [0.717, 1.165) is 39.0 Å². The second kappa shape index (κ2) is 6.79. The van der Waals surface area contributed by atoms with Crippen LogP contribution in [-0.4, -0.2) is 51.2 Å². The molecule has 2 aliphatic rings. The Morgan fingerprint density at radius 3 is 2.30 bits per heavy atom. The number of piperidine rings is 2. The summed E-state index contributed by atoms with van der Waals surface area (Å²) in [6.45, 7) is 3.94. The van der Waals surface area contributed by atoms with E-state index < -0.39 is 0 Å². The van der Waals surface area contributed by atoms with Crippen molar-refractivity contribution in [2.24, 2.45) is 5.41 Å². The molecule has 1 N–H and O–H groups in total. The average Bonchev–Trinajstić information content (AvgIpc) is 2.62. The summed E-state index contributed by atoms with van der Waals surface area (Å²) >= 11 is 0. The predicted octanol–water partition coefficient (Wildman–Crippen LogP) is 2.31. The van der Waals surface area contributed by atoms with Crippen molar-refractivity contribution in [3.05, 3.63) is 23.8 Å². The Bertz CT molecular complexity index is 557. The van der Waals surface area contributed by atoms with E-state index in [1.165, 1.54) is 12.8 Å². The number of carbonyl (C=O) groups excluding carboxylic acids is 1. The summed E-state index contributed by atoms with van der Waals surface area (Å²) < 4.78 is 10.5. The SMILES string of the molecule is COc1ccc(C(=O)N2CCC3(CCNCC3)CC2)cc1OC. The van der Waals surface area contributed by atoms with Crippen molar-refractivity contribution in [1.82, 2.24) is 10.2 Å². The lowest BCUT2D eigenvalue weighted by Gasteiger charge is -2.44. The lowest BCUT2D eigenvalue weighted by atomic mass is 9.71. The fourth-order valence-electron chi connectivity index (χ4n) is 3.79. The Balaban J connectivity index is 1.67. The van der Waals surface area contributed by atoms with Crippen LogP contribution in [0.4, 0.5) is 0 Å². The molecule has 0 atom stereocenters. The van der Waals surface area contributed by atoms with Crippen molar-refractivity contribution < 1.29 is 14.3 Å². The fourth-order valence-corrected chi connectivity index (χ4v) is 3.79. The number of benzene rings is 1. The topological polar surface area (TPSA) is 50.8 Å². The Labute approximate surface area is 137 Å². The zero-order valence-electron chi connectivity index (χ0n) is 14.1. The Kier molecular flexibility index (Phi) is 4.76. The van der Waals surface area contributed by atoms with Crippen molar-refractivity contribution in [3.8, 4) is 11.5 Å². The third-order valence-corrected chi connectivity index (χ3v) is 5.41. The second-order valence-corrected chi connectivity index (χ2v) is 6.61. The molecule has 0 aromatic heterocycles. The normalized spacial score (nSPS) is 20.3. The van der Waals surface area contributed by atoms with E-state index in [1.54, 1.807) is 26.4 Å². The van der Waals surface area contributed by atoms with Crippen molar-refractivity contribution in [1.29, 1.82) is 0 Å². The molecule has 0 unspecified atom stereocenters. The van der Waals surface area contributed by atoms with Gasteiger partial charge in [0.25, 0.3) is 5.91 Å². The monoisotopic (exact) mass is 318 g/mol. The van der Waals surface area contributed by atoms with Crippen LogP contribution in [0, 0.1) is 5.41 Å². The van der Waals surface area contributed by atoms with Crippen LogP contribution in [0.15, 0.2) is 18.2 Å². The fraction of sp³-hybridized carbons (Fsp3) is 0.611. The average molecular weight is 318 g/mol. The van der Waals surface area contributed by atoms with Crippen molar-refractivity contribution in [2.75, 3.05) is 40.4 Å². The number of rotatable bonds is 3. The minimum Gasteiger partial charge on any atom is -0.493 e. The van der Waals surface area contributed by atoms with Gasteiger partial charge in [0.2, 0.25) is 0 Å². The zero-order valence-corrected chi connectivity index (χ0v) is 14.1. The minimum atomic E-state index is 0.0923. The maximum Gasteiger partial charge on any atom is 0.253 e. The number of ether oxygens (including phenoxy) is 2. The van der Waals surface area contributed by atoms with Crippen LogP contribution in [0.5, 0.6) is 11.5 Å². The molecule has 2 heterocycles. The van der Waals surface area contributed by atoms with Gasteiger partial charge in [-0.1, -0.05) is 0 Å². The molecule has 1 aromatic carbocycles. The first kappa shape index (κ1) is 16.1. The first-order chi connectivity index (χ1) is 11.2. The minimum absolute atomic E-state index is 0.0923. The molecule has 2 saturated heterocycles. The molecule has 0 saturated carbocycles. The van der Waals surface area contributed by atoms with E-state index >= 15 is 0 Å². The number of nitrogens with one attached hydrogen (secondary N) is 1. The highest BCUT2D eigenvalue weighted by Crippen LogP contribution is 2.40. The summed E-state index contributed by atoms with van der Waals surface area (Å²) in [7, 11) is 3.19. The van der Waals surface area contributed by atoms with Gasteiger partial charge in [-0.05, 0) is 62.4 Å². The largest absolute Gasteiger partial charge is 0.493 e. The van der Waals surface area contributed by atoms with Crippen molar-refractivity contribution in [2.45, 2.75) is 25.7 Å². The summed E-state index contributed by atoms with van der Waals surface area (Å²) in [4.78, 5) is 14.7. The highest BCUT2D eigenvalue weighted by atomic mass is 16.5. The zero-order chi connectivity index (χ0) is 16.3. The lowest BCUT2D eigenvalue weighted by molar-refractivity contribution is 0.0495. The van der Waals surface area contributed by atoms with Crippen molar-refractivity contribution in [3.63, 3.8) is 0 Å². The molecular weight excluding hydrogens is 292 g/mol. The van der Waals surface area contributed by atoms with Crippen LogP contribution in [0.25, 0.3) is 0 Å². The molecule has 5 nitrogen and oxygen atoms in total. The van der Waals surface area contributed by atoms with Gasteiger partial charge in [0.15, 0.2) is 11.5 Å². The molecule has 1 amide bonds. The van der Waals surface area contributed by atoms with E-state index in [-0.39, 0.29) is 5.91 Å². The Hall–Kier alpha value is -1.75. The van der Waals surface area contributed by atoms with Crippen LogP contribution in [-0.2, 0) is 0 Å². The molecule has 126 valence electrons. The molecule has 0 aliphatic carbocycles. The molecule has 2 fully saturated rings. The summed E-state index contributed by atoms with van der Waals surface area (Å²) in [6.07, 6.45) is 4.72. The Morgan fingerprint density at radius 2 is 1.70 bits per heavy atom. The number of carbonyl (C=O) groups is 1. The molecule has 23 heavy (non-hydrogen) atoms. The highest BCUT2D eigenvalue weighted by Gasteiger charge is 2.36. The number of nitrogens with zero attached hydrogens (tertiary/aromatic N) is 1. The summed E-state index contributed by atoms with van der Waals surface area (Å²) in [5, 5.41) is 3.43. The number of hydrogen-bond acceptors (Lipinski definition) is 4. The number of hydrogen-bond donors (Lipinski definition) is 1. The smallest absolute Gasteiger partial charge is 0.253 e. The van der Waals surface area contributed by atoms with Crippen LogP contribution in [0.3, 0.4) is 0 Å². The molecule has 0 bridgehead atoms. The van der Waals surface area contributed by atoms with Gasteiger partial charge in [-0.2, -0.15) is 0 Å².